The largest absolute Gasteiger partial charge is 0.421 e. The summed E-state index contributed by atoms with van der Waals surface area (Å²) in [5, 5.41) is 8.12. The molecule has 0 bridgehead atoms. The summed E-state index contributed by atoms with van der Waals surface area (Å²) in [4.78, 5) is 0. The van der Waals surface area contributed by atoms with E-state index in [-0.39, 0.29) is 0 Å². The van der Waals surface area contributed by atoms with Gasteiger partial charge in [0.1, 0.15) is 0 Å². The average Bonchev–Trinajstić information content (AvgIpc) is 2.85. The monoisotopic (exact) mass is 250 g/mol. The maximum absolute atomic E-state index is 5.63. The quantitative estimate of drug-likeness (QED) is 0.763. The van der Waals surface area contributed by atoms with Crippen molar-refractivity contribution in [2.75, 3.05) is 5.88 Å². The molecule has 0 aliphatic heterocycles. The average molecular weight is 251 g/mol. The molecule has 0 unspecified atom stereocenters. The van der Waals surface area contributed by atoms with E-state index in [1.54, 1.807) is 0 Å². The summed E-state index contributed by atoms with van der Waals surface area (Å²) in [7, 11) is 0. The summed E-state index contributed by atoms with van der Waals surface area (Å²) in [6.45, 7) is 2.11. The summed E-state index contributed by atoms with van der Waals surface area (Å²) < 4.78 is 5.63. The number of aromatic nitrogens is 2. The van der Waals surface area contributed by atoms with Crippen molar-refractivity contribution in [1.82, 2.24) is 10.2 Å². The lowest BCUT2D eigenvalue weighted by Gasteiger charge is -2.01. The number of hydrogen-bond acceptors (Lipinski definition) is 3. The first kappa shape index (κ1) is 12.1. The van der Waals surface area contributed by atoms with Gasteiger partial charge in [-0.05, 0) is 24.5 Å². The molecule has 0 radical (unpaired) electrons. The molecule has 1 aromatic carbocycles. The van der Waals surface area contributed by atoms with E-state index in [2.05, 4.69) is 23.2 Å². The van der Waals surface area contributed by atoms with Crippen LogP contribution in [0.4, 0.5) is 0 Å². The summed E-state index contributed by atoms with van der Waals surface area (Å²) in [5.41, 5.74) is 2.25. The molecule has 17 heavy (non-hydrogen) atoms. The van der Waals surface area contributed by atoms with Crippen molar-refractivity contribution >= 4 is 11.6 Å². The minimum atomic E-state index is 0.604. The zero-order valence-electron chi connectivity index (χ0n) is 9.82. The molecule has 1 aromatic heterocycles. The molecule has 0 amide bonds. The lowest BCUT2D eigenvalue weighted by molar-refractivity contribution is 0.502. The lowest BCUT2D eigenvalue weighted by atomic mass is 10.1. The van der Waals surface area contributed by atoms with Gasteiger partial charge in [-0.2, -0.15) is 0 Å². The molecule has 3 nitrogen and oxygen atoms in total. The van der Waals surface area contributed by atoms with E-state index in [4.69, 9.17) is 16.0 Å². The van der Waals surface area contributed by atoms with Gasteiger partial charge in [0.2, 0.25) is 11.8 Å². The molecule has 2 rings (SSSR count). The third-order valence-electron chi connectivity index (χ3n) is 2.62. The first-order valence-corrected chi connectivity index (χ1v) is 6.35. The van der Waals surface area contributed by atoms with Crippen LogP contribution < -0.4 is 0 Å². The molecule has 0 fully saturated rings. The van der Waals surface area contributed by atoms with Crippen LogP contribution in [0, 0.1) is 0 Å². The van der Waals surface area contributed by atoms with Crippen molar-refractivity contribution in [1.29, 1.82) is 0 Å². The SMILES string of the molecule is CCc1ccccc1-c1nnc(CCCCl)o1. The maximum atomic E-state index is 5.63. The molecule has 0 spiro atoms. The highest BCUT2D eigenvalue weighted by Gasteiger charge is 2.10. The zero-order valence-corrected chi connectivity index (χ0v) is 10.6. The number of nitrogens with zero attached hydrogens (tertiary/aromatic N) is 2. The van der Waals surface area contributed by atoms with Gasteiger partial charge in [-0.3, -0.25) is 0 Å². The molecule has 0 saturated heterocycles. The Balaban J connectivity index is 2.24. The van der Waals surface area contributed by atoms with Crippen LogP contribution in [0.5, 0.6) is 0 Å². The van der Waals surface area contributed by atoms with E-state index < -0.39 is 0 Å². The summed E-state index contributed by atoms with van der Waals surface area (Å²) in [5.74, 6) is 1.88. The molecule has 0 atom stereocenters. The van der Waals surface area contributed by atoms with Gasteiger partial charge in [0.25, 0.3) is 0 Å². The standard InChI is InChI=1S/C13H15ClN2O/c1-2-10-6-3-4-7-11(10)13-16-15-12(17-13)8-5-9-14/h3-4,6-7H,2,5,8-9H2,1H3. The summed E-state index contributed by atoms with van der Waals surface area (Å²) in [6.07, 6.45) is 2.55. The van der Waals surface area contributed by atoms with Gasteiger partial charge < -0.3 is 4.42 Å². The van der Waals surface area contributed by atoms with Crippen LogP contribution in [-0.2, 0) is 12.8 Å². The van der Waals surface area contributed by atoms with Crippen molar-refractivity contribution in [3.63, 3.8) is 0 Å². The van der Waals surface area contributed by atoms with E-state index in [1.165, 1.54) is 5.56 Å². The summed E-state index contributed by atoms with van der Waals surface area (Å²) >= 11 is 5.63. The van der Waals surface area contributed by atoms with Gasteiger partial charge in [-0.15, -0.1) is 21.8 Å². The Kier molecular flexibility index (Phi) is 4.15. The van der Waals surface area contributed by atoms with E-state index in [0.29, 0.717) is 17.7 Å². The van der Waals surface area contributed by atoms with Crippen LogP contribution >= 0.6 is 11.6 Å². The topological polar surface area (TPSA) is 38.9 Å². The molecule has 1 heterocycles. The number of rotatable bonds is 5. The van der Waals surface area contributed by atoms with Crippen LogP contribution in [-0.4, -0.2) is 16.1 Å². The van der Waals surface area contributed by atoms with E-state index in [0.717, 1.165) is 24.8 Å². The number of halogens is 1. The van der Waals surface area contributed by atoms with Crippen molar-refractivity contribution < 1.29 is 4.42 Å². The Hall–Kier alpha value is -1.35. The van der Waals surface area contributed by atoms with Crippen molar-refractivity contribution in [2.24, 2.45) is 0 Å². The van der Waals surface area contributed by atoms with Crippen molar-refractivity contribution in [3.8, 4) is 11.5 Å². The Morgan fingerprint density at radius 3 is 2.82 bits per heavy atom. The highest BCUT2D eigenvalue weighted by molar-refractivity contribution is 6.17. The Labute approximate surface area is 106 Å². The fraction of sp³-hybridized carbons (Fsp3) is 0.385. The molecule has 0 aliphatic rings. The lowest BCUT2D eigenvalue weighted by Crippen LogP contribution is -1.86. The first-order valence-electron chi connectivity index (χ1n) is 5.81. The third-order valence-corrected chi connectivity index (χ3v) is 2.89. The van der Waals surface area contributed by atoms with Crippen LogP contribution in [0.3, 0.4) is 0 Å². The minimum absolute atomic E-state index is 0.604. The van der Waals surface area contributed by atoms with Crippen LogP contribution in [0.15, 0.2) is 28.7 Å². The second-order valence-electron chi connectivity index (χ2n) is 3.80. The predicted molar refractivity (Wildman–Crippen MR) is 68.2 cm³/mol. The third kappa shape index (κ3) is 2.86. The maximum Gasteiger partial charge on any atom is 0.248 e. The number of hydrogen-bond donors (Lipinski definition) is 0. The van der Waals surface area contributed by atoms with Gasteiger partial charge in [0.05, 0.1) is 0 Å². The molecule has 4 heteroatoms. The van der Waals surface area contributed by atoms with Gasteiger partial charge >= 0.3 is 0 Å². The Morgan fingerprint density at radius 1 is 1.24 bits per heavy atom. The molecule has 2 aromatic rings. The second-order valence-corrected chi connectivity index (χ2v) is 4.18. The van der Waals surface area contributed by atoms with Crippen molar-refractivity contribution in [3.05, 3.63) is 35.7 Å². The van der Waals surface area contributed by atoms with E-state index in [9.17, 15) is 0 Å². The fourth-order valence-corrected chi connectivity index (χ4v) is 1.85. The van der Waals surface area contributed by atoms with Crippen LogP contribution in [0.1, 0.15) is 24.8 Å². The number of aryl methyl sites for hydroxylation is 2. The van der Waals surface area contributed by atoms with E-state index >= 15 is 0 Å². The fourth-order valence-electron chi connectivity index (χ4n) is 1.72. The molecular formula is C13H15ClN2O. The molecule has 0 aliphatic carbocycles. The first-order chi connectivity index (χ1) is 8.35. The summed E-state index contributed by atoms with van der Waals surface area (Å²) in [6, 6.07) is 8.10. The van der Waals surface area contributed by atoms with E-state index in [1.807, 2.05) is 18.2 Å². The molecular weight excluding hydrogens is 236 g/mol. The van der Waals surface area contributed by atoms with Crippen LogP contribution in [0.2, 0.25) is 0 Å². The van der Waals surface area contributed by atoms with Gasteiger partial charge in [-0.1, -0.05) is 25.1 Å². The number of benzene rings is 1. The predicted octanol–water partition coefficient (Wildman–Crippen LogP) is 3.47. The van der Waals surface area contributed by atoms with Gasteiger partial charge in [0, 0.05) is 17.9 Å². The highest BCUT2D eigenvalue weighted by atomic mass is 35.5. The zero-order chi connectivity index (χ0) is 12.1. The molecule has 90 valence electrons. The van der Waals surface area contributed by atoms with Crippen molar-refractivity contribution in [2.45, 2.75) is 26.2 Å². The highest BCUT2D eigenvalue weighted by Crippen LogP contribution is 2.23. The number of alkyl halides is 1. The van der Waals surface area contributed by atoms with Gasteiger partial charge in [0.15, 0.2) is 0 Å². The smallest absolute Gasteiger partial charge is 0.248 e. The molecule has 0 saturated carbocycles. The second kappa shape index (κ2) is 5.82. The van der Waals surface area contributed by atoms with Crippen LogP contribution in [0.25, 0.3) is 11.5 Å². The van der Waals surface area contributed by atoms with Gasteiger partial charge in [-0.25, -0.2) is 0 Å². The molecule has 0 N–H and O–H groups in total. The minimum Gasteiger partial charge on any atom is -0.421 e. The normalized spacial score (nSPS) is 10.7. The Morgan fingerprint density at radius 2 is 2.06 bits per heavy atom. The Bertz CT molecular complexity index is 482.